The van der Waals surface area contributed by atoms with Crippen LogP contribution in [0.3, 0.4) is 0 Å². The minimum atomic E-state index is 0.104. The number of nitrogens with two attached hydrogens (primary N) is 1. The summed E-state index contributed by atoms with van der Waals surface area (Å²) in [6, 6.07) is 5.56. The van der Waals surface area contributed by atoms with Gasteiger partial charge in [-0.25, -0.2) is 0 Å². The predicted octanol–water partition coefficient (Wildman–Crippen LogP) is 1.78. The highest BCUT2D eigenvalue weighted by Gasteiger charge is 2.25. The molecular formula is C15H23N3O2. The number of rotatable bonds is 4. The van der Waals surface area contributed by atoms with Crippen LogP contribution in [0.25, 0.3) is 0 Å². The molecule has 1 heterocycles. The standard InChI is InChI=1S/C15H23N3O2/c1-11-8-13(17-16)5-6-14(11)15(19)18-7-3-4-12(9-18)10-20-2/h5-6,8,12,17H,3-4,7,9-10,16H2,1-2H3. The number of likely N-dealkylation sites (tertiary alicyclic amines) is 1. The lowest BCUT2D eigenvalue weighted by Crippen LogP contribution is -2.41. The Morgan fingerprint density at radius 3 is 3.00 bits per heavy atom. The van der Waals surface area contributed by atoms with Crippen LogP contribution in [0.15, 0.2) is 18.2 Å². The van der Waals surface area contributed by atoms with Crippen molar-refractivity contribution in [3.05, 3.63) is 29.3 Å². The quantitative estimate of drug-likeness (QED) is 0.650. The summed E-state index contributed by atoms with van der Waals surface area (Å²) in [5.74, 6) is 5.93. The molecule has 1 aliphatic heterocycles. The molecule has 0 radical (unpaired) electrons. The number of methoxy groups -OCH3 is 1. The number of nitrogens with zero attached hydrogens (tertiary/aromatic N) is 1. The second-order valence-corrected chi connectivity index (χ2v) is 5.39. The summed E-state index contributed by atoms with van der Waals surface area (Å²) in [6.07, 6.45) is 2.17. The number of hydrogen-bond acceptors (Lipinski definition) is 4. The molecule has 1 atom stereocenters. The lowest BCUT2D eigenvalue weighted by Gasteiger charge is -2.32. The minimum Gasteiger partial charge on any atom is -0.384 e. The van der Waals surface area contributed by atoms with E-state index in [1.807, 2.05) is 30.0 Å². The van der Waals surface area contributed by atoms with Gasteiger partial charge >= 0.3 is 0 Å². The molecule has 1 unspecified atom stereocenters. The van der Waals surface area contributed by atoms with Crippen molar-refractivity contribution in [2.75, 3.05) is 32.2 Å². The van der Waals surface area contributed by atoms with Gasteiger partial charge in [0.1, 0.15) is 0 Å². The number of carbonyl (C=O) groups excluding carboxylic acids is 1. The molecule has 0 saturated carbocycles. The number of aryl methyl sites for hydroxylation is 1. The van der Waals surface area contributed by atoms with Crippen LogP contribution in [0.5, 0.6) is 0 Å². The van der Waals surface area contributed by atoms with Crippen LogP contribution < -0.4 is 11.3 Å². The van der Waals surface area contributed by atoms with Crippen molar-refractivity contribution in [2.45, 2.75) is 19.8 Å². The molecule has 110 valence electrons. The summed E-state index contributed by atoms with van der Waals surface area (Å²) in [5, 5.41) is 0. The number of piperidine rings is 1. The minimum absolute atomic E-state index is 0.104. The highest BCUT2D eigenvalue weighted by atomic mass is 16.5. The topological polar surface area (TPSA) is 67.6 Å². The molecule has 0 aliphatic carbocycles. The van der Waals surface area contributed by atoms with Crippen LogP contribution in [-0.2, 0) is 4.74 Å². The predicted molar refractivity (Wildman–Crippen MR) is 79.5 cm³/mol. The molecule has 2 rings (SSSR count). The smallest absolute Gasteiger partial charge is 0.254 e. The Balaban J connectivity index is 2.10. The summed E-state index contributed by atoms with van der Waals surface area (Å²) >= 11 is 0. The molecule has 1 amide bonds. The SMILES string of the molecule is COCC1CCCN(C(=O)c2ccc(NN)cc2C)C1. The van der Waals surface area contributed by atoms with E-state index in [1.54, 1.807) is 7.11 Å². The van der Waals surface area contributed by atoms with Gasteiger partial charge in [0.25, 0.3) is 5.91 Å². The first-order chi connectivity index (χ1) is 9.65. The number of hydrogen-bond donors (Lipinski definition) is 2. The second kappa shape index (κ2) is 6.72. The maximum absolute atomic E-state index is 12.6. The largest absolute Gasteiger partial charge is 0.384 e. The Hall–Kier alpha value is -1.59. The van der Waals surface area contributed by atoms with Gasteiger partial charge in [0, 0.05) is 31.5 Å². The summed E-state index contributed by atoms with van der Waals surface area (Å²) in [5.41, 5.74) is 5.11. The zero-order chi connectivity index (χ0) is 14.5. The lowest BCUT2D eigenvalue weighted by atomic mass is 9.97. The van der Waals surface area contributed by atoms with E-state index in [0.29, 0.717) is 5.92 Å². The van der Waals surface area contributed by atoms with Crippen molar-refractivity contribution in [1.29, 1.82) is 0 Å². The monoisotopic (exact) mass is 277 g/mol. The third-order valence-electron chi connectivity index (χ3n) is 3.83. The molecule has 1 aromatic rings. The van der Waals surface area contributed by atoms with Gasteiger partial charge in [-0.05, 0) is 49.4 Å². The molecule has 0 bridgehead atoms. The van der Waals surface area contributed by atoms with Crippen molar-refractivity contribution in [3.63, 3.8) is 0 Å². The highest BCUT2D eigenvalue weighted by Crippen LogP contribution is 2.21. The van der Waals surface area contributed by atoms with E-state index in [1.165, 1.54) is 0 Å². The molecule has 3 N–H and O–H groups in total. The number of anilines is 1. The number of carbonyl (C=O) groups is 1. The fourth-order valence-electron chi connectivity index (χ4n) is 2.79. The van der Waals surface area contributed by atoms with E-state index in [4.69, 9.17) is 10.6 Å². The lowest BCUT2D eigenvalue weighted by molar-refractivity contribution is 0.0570. The van der Waals surface area contributed by atoms with E-state index in [2.05, 4.69) is 5.43 Å². The summed E-state index contributed by atoms with van der Waals surface area (Å²) in [7, 11) is 1.71. The van der Waals surface area contributed by atoms with E-state index in [-0.39, 0.29) is 5.91 Å². The number of benzene rings is 1. The molecule has 1 aliphatic rings. The van der Waals surface area contributed by atoms with Crippen LogP contribution in [0.4, 0.5) is 5.69 Å². The molecule has 1 aromatic carbocycles. The van der Waals surface area contributed by atoms with Gasteiger partial charge < -0.3 is 15.1 Å². The van der Waals surface area contributed by atoms with Gasteiger partial charge in [0.05, 0.1) is 6.61 Å². The molecule has 1 fully saturated rings. The van der Waals surface area contributed by atoms with Gasteiger partial charge in [-0.2, -0.15) is 0 Å². The van der Waals surface area contributed by atoms with Crippen LogP contribution in [0, 0.1) is 12.8 Å². The maximum Gasteiger partial charge on any atom is 0.254 e. The highest BCUT2D eigenvalue weighted by molar-refractivity contribution is 5.96. The first-order valence-electron chi connectivity index (χ1n) is 7.01. The number of nitrogens with one attached hydrogen (secondary N) is 1. The molecule has 0 spiro atoms. The number of ether oxygens (including phenoxy) is 1. The Morgan fingerprint density at radius 1 is 1.55 bits per heavy atom. The van der Waals surface area contributed by atoms with E-state index in [0.717, 1.165) is 49.4 Å². The fraction of sp³-hybridized carbons (Fsp3) is 0.533. The number of hydrazine groups is 1. The van der Waals surface area contributed by atoms with Gasteiger partial charge in [-0.3, -0.25) is 10.6 Å². The third kappa shape index (κ3) is 3.29. The maximum atomic E-state index is 12.6. The van der Waals surface area contributed by atoms with E-state index < -0.39 is 0 Å². The van der Waals surface area contributed by atoms with Gasteiger partial charge in [0.2, 0.25) is 0 Å². The molecule has 1 saturated heterocycles. The Morgan fingerprint density at radius 2 is 2.35 bits per heavy atom. The van der Waals surface area contributed by atoms with Crippen LogP contribution in [0.1, 0.15) is 28.8 Å². The van der Waals surface area contributed by atoms with Crippen molar-refractivity contribution in [1.82, 2.24) is 4.90 Å². The second-order valence-electron chi connectivity index (χ2n) is 5.39. The zero-order valence-corrected chi connectivity index (χ0v) is 12.2. The Kier molecular flexibility index (Phi) is 4.98. The van der Waals surface area contributed by atoms with Crippen molar-refractivity contribution >= 4 is 11.6 Å². The average molecular weight is 277 g/mol. The first kappa shape index (κ1) is 14.8. The van der Waals surface area contributed by atoms with Crippen molar-refractivity contribution in [2.24, 2.45) is 11.8 Å². The normalized spacial score (nSPS) is 18.9. The van der Waals surface area contributed by atoms with Crippen LogP contribution in [0.2, 0.25) is 0 Å². The van der Waals surface area contributed by atoms with Gasteiger partial charge in [-0.1, -0.05) is 0 Å². The fourth-order valence-corrected chi connectivity index (χ4v) is 2.79. The molecule has 5 heteroatoms. The third-order valence-corrected chi connectivity index (χ3v) is 3.83. The molecule has 20 heavy (non-hydrogen) atoms. The van der Waals surface area contributed by atoms with E-state index >= 15 is 0 Å². The number of amides is 1. The van der Waals surface area contributed by atoms with Crippen molar-refractivity contribution < 1.29 is 9.53 Å². The van der Waals surface area contributed by atoms with Gasteiger partial charge in [-0.15, -0.1) is 0 Å². The Bertz CT molecular complexity index is 474. The van der Waals surface area contributed by atoms with Gasteiger partial charge in [0.15, 0.2) is 0 Å². The van der Waals surface area contributed by atoms with E-state index in [9.17, 15) is 4.79 Å². The van der Waals surface area contributed by atoms with Crippen molar-refractivity contribution in [3.8, 4) is 0 Å². The molecule has 5 nitrogen and oxygen atoms in total. The number of nitrogen functional groups attached to an aromatic ring is 1. The zero-order valence-electron chi connectivity index (χ0n) is 12.2. The summed E-state index contributed by atoms with van der Waals surface area (Å²) < 4.78 is 5.21. The average Bonchev–Trinajstić information content (AvgIpc) is 2.47. The Labute approximate surface area is 120 Å². The summed E-state index contributed by atoms with van der Waals surface area (Å²) in [4.78, 5) is 14.5. The summed E-state index contributed by atoms with van der Waals surface area (Å²) in [6.45, 7) is 4.27. The molecule has 0 aromatic heterocycles. The van der Waals surface area contributed by atoms with Crippen LogP contribution >= 0.6 is 0 Å². The first-order valence-corrected chi connectivity index (χ1v) is 7.01. The molecular weight excluding hydrogens is 254 g/mol. The van der Waals surface area contributed by atoms with Crippen LogP contribution in [-0.4, -0.2) is 37.6 Å².